The molecule has 0 bridgehead atoms. The highest BCUT2D eigenvalue weighted by molar-refractivity contribution is 5.25. The molecule has 53 valence electrons. The highest BCUT2D eigenvalue weighted by Crippen LogP contribution is 2.13. The van der Waals surface area contributed by atoms with Crippen LogP contribution in [0.15, 0.2) is 30.3 Å². The van der Waals surface area contributed by atoms with E-state index in [1.165, 1.54) is 0 Å². The van der Waals surface area contributed by atoms with E-state index in [0.29, 0.717) is 12.5 Å². The molecule has 0 unspecified atom stereocenters. The van der Waals surface area contributed by atoms with Crippen LogP contribution in [0, 0.1) is 6.10 Å². The minimum Gasteiger partial charge on any atom is -0.382 e. The van der Waals surface area contributed by atoms with E-state index in [-0.39, 0.29) is 0 Å². The van der Waals surface area contributed by atoms with E-state index in [1.54, 1.807) is 0 Å². The Bertz CT molecular complexity index is 181. The molecule has 1 rings (SSSR count). The fraction of sp³-hybridized carbons (Fsp3) is 0.222. The molecular weight excluding hydrogens is 124 g/mol. The van der Waals surface area contributed by atoms with Crippen molar-refractivity contribution < 1.29 is 5.11 Å². The minimum absolute atomic E-state index is 0.459. The van der Waals surface area contributed by atoms with Gasteiger partial charge in [0, 0.05) is 0 Å². The third-order valence-corrected chi connectivity index (χ3v) is 1.44. The molecule has 1 N–H and O–H groups in total. The molecule has 0 aliphatic heterocycles. The van der Waals surface area contributed by atoms with Gasteiger partial charge in [0.25, 0.3) is 0 Å². The summed E-state index contributed by atoms with van der Waals surface area (Å²) >= 11 is 0. The summed E-state index contributed by atoms with van der Waals surface area (Å²) in [6.07, 6.45) is 1.16. The molecule has 0 saturated heterocycles. The van der Waals surface area contributed by atoms with Crippen molar-refractivity contribution in [2.75, 3.05) is 0 Å². The van der Waals surface area contributed by atoms with E-state index in [2.05, 4.69) is 0 Å². The molecule has 10 heavy (non-hydrogen) atoms. The monoisotopic (exact) mass is 135 g/mol. The molecule has 1 radical (unpaired) electrons. The van der Waals surface area contributed by atoms with E-state index < -0.39 is 0 Å². The lowest BCUT2D eigenvalue weighted by molar-refractivity contribution is 0.319. The van der Waals surface area contributed by atoms with Crippen LogP contribution in [0.4, 0.5) is 0 Å². The molecule has 1 aromatic carbocycles. The zero-order valence-electron chi connectivity index (χ0n) is 6.04. The maximum absolute atomic E-state index is 9.25. The molecule has 0 aromatic heterocycles. The van der Waals surface area contributed by atoms with Crippen LogP contribution in [0.5, 0.6) is 0 Å². The fourth-order valence-corrected chi connectivity index (χ4v) is 0.835. The van der Waals surface area contributed by atoms with Crippen LogP contribution < -0.4 is 0 Å². The third kappa shape index (κ3) is 1.58. The molecule has 0 aliphatic carbocycles. The van der Waals surface area contributed by atoms with Crippen LogP contribution in [0.3, 0.4) is 0 Å². The maximum atomic E-state index is 9.25. The zero-order valence-corrected chi connectivity index (χ0v) is 6.04. The quantitative estimate of drug-likeness (QED) is 0.660. The van der Waals surface area contributed by atoms with Gasteiger partial charge in [-0.25, -0.2) is 0 Å². The first-order valence-electron chi connectivity index (χ1n) is 3.44. The molecule has 0 heterocycles. The highest BCUT2D eigenvalue weighted by Gasteiger charge is 2.02. The van der Waals surface area contributed by atoms with E-state index >= 15 is 0 Å². The van der Waals surface area contributed by atoms with Crippen LogP contribution >= 0.6 is 0 Å². The van der Waals surface area contributed by atoms with E-state index in [4.69, 9.17) is 0 Å². The Morgan fingerprint density at radius 2 is 1.90 bits per heavy atom. The second kappa shape index (κ2) is 3.37. The van der Waals surface area contributed by atoms with Crippen molar-refractivity contribution in [1.82, 2.24) is 0 Å². The van der Waals surface area contributed by atoms with Crippen molar-refractivity contribution in [3.63, 3.8) is 0 Å². The van der Waals surface area contributed by atoms with Crippen molar-refractivity contribution in [2.24, 2.45) is 0 Å². The van der Waals surface area contributed by atoms with Gasteiger partial charge in [0.15, 0.2) is 0 Å². The van der Waals surface area contributed by atoms with Gasteiger partial charge in [-0.05, 0) is 12.0 Å². The van der Waals surface area contributed by atoms with E-state index in [0.717, 1.165) is 5.56 Å². The van der Waals surface area contributed by atoms with Crippen LogP contribution in [0.2, 0.25) is 0 Å². The largest absolute Gasteiger partial charge is 0.382 e. The summed E-state index contributed by atoms with van der Waals surface area (Å²) < 4.78 is 0. The predicted molar refractivity (Wildman–Crippen MR) is 41.0 cm³/mol. The Balaban J connectivity index is 2.75. The van der Waals surface area contributed by atoms with Gasteiger partial charge < -0.3 is 5.11 Å². The first-order chi connectivity index (χ1) is 4.84. The van der Waals surface area contributed by atoms with Crippen molar-refractivity contribution in [3.8, 4) is 0 Å². The first kappa shape index (κ1) is 7.29. The maximum Gasteiger partial charge on any atom is 0.122 e. The topological polar surface area (TPSA) is 20.2 Å². The van der Waals surface area contributed by atoms with Gasteiger partial charge in [0.1, 0.15) is 6.10 Å². The molecular formula is C9H11O. The lowest BCUT2D eigenvalue weighted by Crippen LogP contribution is -1.94. The second-order valence-corrected chi connectivity index (χ2v) is 2.17. The molecule has 0 spiro atoms. The third-order valence-electron chi connectivity index (χ3n) is 1.44. The Labute approximate surface area is 61.3 Å². The molecule has 0 saturated carbocycles. The lowest BCUT2D eigenvalue weighted by atomic mass is 10.1. The van der Waals surface area contributed by atoms with Gasteiger partial charge in [0.05, 0.1) is 0 Å². The summed E-state index contributed by atoms with van der Waals surface area (Å²) in [7, 11) is 0. The average Bonchev–Trinajstić information content (AvgIpc) is 2.05. The number of hydrogen-bond donors (Lipinski definition) is 1. The van der Waals surface area contributed by atoms with E-state index in [9.17, 15) is 5.11 Å². The van der Waals surface area contributed by atoms with Gasteiger partial charge in [-0.3, -0.25) is 0 Å². The average molecular weight is 135 g/mol. The van der Waals surface area contributed by atoms with Crippen LogP contribution in [-0.2, 0) is 0 Å². The summed E-state index contributed by atoms with van der Waals surface area (Å²) in [6, 6.07) is 9.58. The first-order valence-corrected chi connectivity index (χ1v) is 3.44. The smallest absolute Gasteiger partial charge is 0.122 e. The van der Waals surface area contributed by atoms with Gasteiger partial charge in [-0.2, -0.15) is 0 Å². The number of hydrogen-bond acceptors (Lipinski definition) is 1. The van der Waals surface area contributed by atoms with Gasteiger partial charge in [-0.1, -0.05) is 37.3 Å². The minimum atomic E-state index is 0.459. The Hall–Kier alpha value is -0.820. The molecule has 1 aromatic rings. The van der Waals surface area contributed by atoms with Crippen molar-refractivity contribution in [1.29, 1.82) is 0 Å². The Kier molecular flexibility index (Phi) is 2.46. The van der Waals surface area contributed by atoms with Crippen LogP contribution in [0.1, 0.15) is 18.9 Å². The van der Waals surface area contributed by atoms with E-state index in [1.807, 2.05) is 37.3 Å². The fourth-order valence-electron chi connectivity index (χ4n) is 0.835. The molecule has 0 atom stereocenters. The number of aliphatic hydroxyl groups excluding tert-OH is 1. The van der Waals surface area contributed by atoms with Gasteiger partial charge in [0.2, 0.25) is 0 Å². The normalized spacial score (nSPS) is 10.3. The van der Waals surface area contributed by atoms with Crippen LogP contribution in [0.25, 0.3) is 0 Å². The second-order valence-electron chi connectivity index (χ2n) is 2.17. The number of aliphatic hydroxyl groups is 1. The van der Waals surface area contributed by atoms with Crippen molar-refractivity contribution in [3.05, 3.63) is 42.0 Å². The Morgan fingerprint density at radius 3 is 2.40 bits per heavy atom. The van der Waals surface area contributed by atoms with Gasteiger partial charge >= 0.3 is 0 Å². The SMILES string of the molecule is CC[C](O)c1ccccc1. The lowest BCUT2D eigenvalue weighted by Gasteiger charge is -2.04. The molecule has 0 amide bonds. The summed E-state index contributed by atoms with van der Waals surface area (Å²) in [5.74, 6) is 0. The summed E-state index contributed by atoms with van der Waals surface area (Å²) in [5, 5.41) is 9.25. The van der Waals surface area contributed by atoms with Crippen LogP contribution in [-0.4, -0.2) is 5.11 Å². The molecule has 0 aliphatic rings. The van der Waals surface area contributed by atoms with Crippen molar-refractivity contribution >= 4 is 0 Å². The van der Waals surface area contributed by atoms with Gasteiger partial charge in [-0.15, -0.1) is 0 Å². The van der Waals surface area contributed by atoms with Crippen molar-refractivity contribution in [2.45, 2.75) is 13.3 Å². The molecule has 1 heteroatoms. The summed E-state index contributed by atoms with van der Waals surface area (Å²) in [4.78, 5) is 0. The standard InChI is InChI=1S/C9H11O/c1-2-9(10)8-6-4-3-5-7-8/h3-7,10H,2H2,1H3. The summed E-state index contributed by atoms with van der Waals surface area (Å²) in [5.41, 5.74) is 0.921. The summed E-state index contributed by atoms with van der Waals surface area (Å²) in [6.45, 7) is 1.93. The Morgan fingerprint density at radius 1 is 1.30 bits per heavy atom. The number of benzene rings is 1. The molecule has 0 fully saturated rings. The highest BCUT2D eigenvalue weighted by atomic mass is 16.3. The predicted octanol–water partition coefficient (Wildman–Crippen LogP) is 2.35. The number of rotatable bonds is 2. The zero-order chi connectivity index (χ0) is 7.40. The molecule has 1 nitrogen and oxygen atoms in total.